The Morgan fingerprint density at radius 3 is 2.23 bits per heavy atom. The van der Waals surface area contributed by atoms with Gasteiger partial charge >= 0.3 is 0 Å². The first-order valence-corrected chi connectivity index (χ1v) is 9.67. The van der Waals surface area contributed by atoms with Gasteiger partial charge in [0.25, 0.3) is 5.91 Å². The predicted molar refractivity (Wildman–Crippen MR) is 108 cm³/mol. The molecule has 0 aliphatic heterocycles. The van der Waals surface area contributed by atoms with Gasteiger partial charge in [0.15, 0.2) is 0 Å². The van der Waals surface area contributed by atoms with E-state index in [0.717, 1.165) is 6.07 Å². The Kier molecular flexibility index (Phi) is 5.31. The number of benzene rings is 3. The Morgan fingerprint density at radius 1 is 0.967 bits per heavy atom. The summed E-state index contributed by atoms with van der Waals surface area (Å²) in [5, 5.41) is 0. The van der Waals surface area contributed by atoms with Gasteiger partial charge in [0, 0.05) is 17.2 Å². The minimum atomic E-state index is -1.10. The maximum atomic E-state index is 14.8. The van der Waals surface area contributed by atoms with Crippen molar-refractivity contribution in [2.45, 2.75) is 24.9 Å². The fourth-order valence-electron chi connectivity index (χ4n) is 4.20. The molecule has 1 aliphatic rings. The normalized spacial score (nSPS) is 16.0. The molecule has 30 heavy (non-hydrogen) atoms. The van der Waals surface area contributed by atoms with Crippen LogP contribution in [0.4, 0.5) is 8.78 Å². The van der Waals surface area contributed by atoms with Crippen molar-refractivity contribution in [3.05, 3.63) is 107 Å². The minimum Gasteiger partial charge on any atom is -0.368 e. The van der Waals surface area contributed by atoms with Crippen molar-refractivity contribution in [3.63, 3.8) is 0 Å². The van der Waals surface area contributed by atoms with Gasteiger partial charge in [-0.1, -0.05) is 48.5 Å². The highest BCUT2D eigenvalue weighted by molar-refractivity contribution is 5.98. The molecular weight excluding hydrogens is 386 g/mol. The lowest BCUT2D eigenvalue weighted by molar-refractivity contribution is -0.123. The fraction of sp³-hybridized carbons (Fsp3) is 0.167. The molecule has 0 unspecified atom stereocenters. The number of nitrogens with zero attached hydrogens (tertiary/aromatic N) is 1. The second-order valence-corrected chi connectivity index (χ2v) is 7.31. The molecule has 3 aromatic rings. The highest BCUT2D eigenvalue weighted by Gasteiger charge is 2.40. The third kappa shape index (κ3) is 3.56. The van der Waals surface area contributed by atoms with Crippen molar-refractivity contribution in [1.29, 1.82) is 0 Å². The molecule has 152 valence electrons. The van der Waals surface area contributed by atoms with Gasteiger partial charge in [-0.25, -0.2) is 8.78 Å². The van der Waals surface area contributed by atoms with E-state index in [4.69, 9.17) is 5.73 Å². The van der Waals surface area contributed by atoms with Crippen LogP contribution in [-0.2, 0) is 11.2 Å². The highest BCUT2D eigenvalue weighted by Crippen LogP contribution is 2.42. The molecule has 2 atom stereocenters. The van der Waals surface area contributed by atoms with Gasteiger partial charge in [-0.3, -0.25) is 9.59 Å². The van der Waals surface area contributed by atoms with Crippen molar-refractivity contribution in [2.75, 3.05) is 0 Å². The van der Waals surface area contributed by atoms with Crippen molar-refractivity contribution >= 4 is 11.8 Å². The van der Waals surface area contributed by atoms with E-state index in [0.29, 0.717) is 29.5 Å². The number of halogens is 2. The van der Waals surface area contributed by atoms with E-state index in [9.17, 15) is 18.4 Å². The molecule has 0 saturated heterocycles. The van der Waals surface area contributed by atoms with Crippen LogP contribution >= 0.6 is 0 Å². The molecule has 3 aromatic carbocycles. The number of rotatable bonds is 5. The lowest BCUT2D eigenvalue weighted by Crippen LogP contribution is -2.43. The largest absolute Gasteiger partial charge is 0.368 e. The summed E-state index contributed by atoms with van der Waals surface area (Å²) in [4.78, 5) is 27.5. The summed E-state index contributed by atoms with van der Waals surface area (Å²) in [6.45, 7) is 0. The van der Waals surface area contributed by atoms with E-state index in [1.165, 1.54) is 11.0 Å². The number of fused-ring (bicyclic) bond motifs is 1. The van der Waals surface area contributed by atoms with Crippen LogP contribution < -0.4 is 5.73 Å². The second kappa shape index (κ2) is 8.06. The van der Waals surface area contributed by atoms with E-state index in [2.05, 4.69) is 0 Å². The quantitative estimate of drug-likeness (QED) is 0.686. The van der Waals surface area contributed by atoms with Crippen molar-refractivity contribution < 1.29 is 18.4 Å². The number of primary amides is 1. The summed E-state index contributed by atoms with van der Waals surface area (Å²) in [5.74, 6) is -2.55. The summed E-state index contributed by atoms with van der Waals surface area (Å²) in [6, 6.07) is 17.4. The minimum absolute atomic E-state index is 0.239. The van der Waals surface area contributed by atoms with Crippen LogP contribution in [0.1, 0.15) is 45.6 Å². The van der Waals surface area contributed by atoms with Gasteiger partial charge in [-0.15, -0.1) is 0 Å². The Balaban J connectivity index is 1.88. The molecule has 0 fully saturated rings. The van der Waals surface area contributed by atoms with Crippen LogP contribution in [0, 0.1) is 11.6 Å². The summed E-state index contributed by atoms with van der Waals surface area (Å²) in [7, 11) is 0. The molecule has 4 nitrogen and oxygen atoms in total. The van der Waals surface area contributed by atoms with E-state index in [-0.39, 0.29) is 5.56 Å². The maximum Gasteiger partial charge on any atom is 0.255 e. The Hall–Kier alpha value is -3.54. The van der Waals surface area contributed by atoms with E-state index < -0.39 is 35.5 Å². The first-order chi connectivity index (χ1) is 14.5. The zero-order valence-corrected chi connectivity index (χ0v) is 16.1. The van der Waals surface area contributed by atoms with Crippen molar-refractivity contribution in [3.8, 4) is 0 Å². The maximum absolute atomic E-state index is 14.8. The Labute approximate surface area is 172 Å². The lowest BCUT2D eigenvalue weighted by Gasteiger charge is -2.36. The standard InChI is InChI=1S/C24H20F2N2O2/c25-18-13-17-11-12-20(21(17)19(26)14-18)28(24(30)16-9-5-2-6-10-16)22(23(27)29)15-7-3-1-4-8-15/h1-10,13-14,20,22H,11-12H2,(H2,27,29)/t20-,22+/m1/s1. The summed E-state index contributed by atoms with van der Waals surface area (Å²) in [5.41, 5.74) is 7.38. The average Bonchev–Trinajstić information content (AvgIpc) is 3.16. The molecule has 1 aliphatic carbocycles. The SMILES string of the molecule is NC(=O)[C@H](c1ccccc1)N(C(=O)c1ccccc1)[C@@H]1CCc2cc(F)cc(F)c21. The number of carbonyl (C=O) groups excluding carboxylic acids is 2. The van der Waals surface area contributed by atoms with Crippen LogP contribution in [0.5, 0.6) is 0 Å². The van der Waals surface area contributed by atoms with Gasteiger partial charge in [-0.2, -0.15) is 0 Å². The summed E-state index contributed by atoms with van der Waals surface area (Å²) in [6.07, 6.45) is 0.762. The molecule has 0 heterocycles. The van der Waals surface area contributed by atoms with E-state index >= 15 is 0 Å². The molecule has 0 saturated carbocycles. The van der Waals surface area contributed by atoms with Crippen molar-refractivity contribution in [2.24, 2.45) is 5.73 Å². The van der Waals surface area contributed by atoms with Crippen LogP contribution in [0.25, 0.3) is 0 Å². The first kappa shape index (κ1) is 19.8. The molecule has 6 heteroatoms. The van der Waals surface area contributed by atoms with E-state index in [1.54, 1.807) is 60.7 Å². The van der Waals surface area contributed by atoms with Gasteiger partial charge in [0.1, 0.15) is 17.7 Å². The van der Waals surface area contributed by atoms with Crippen LogP contribution in [0.15, 0.2) is 72.8 Å². The Bertz CT molecular complexity index is 1090. The van der Waals surface area contributed by atoms with Gasteiger partial charge in [0.2, 0.25) is 5.91 Å². The second-order valence-electron chi connectivity index (χ2n) is 7.31. The molecule has 0 spiro atoms. The summed E-state index contributed by atoms with van der Waals surface area (Å²) < 4.78 is 28.5. The number of carbonyl (C=O) groups is 2. The van der Waals surface area contributed by atoms with Gasteiger partial charge in [0.05, 0.1) is 6.04 Å². The van der Waals surface area contributed by atoms with Crippen LogP contribution in [0.2, 0.25) is 0 Å². The molecule has 0 bridgehead atoms. The molecule has 4 rings (SSSR count). The molecule has 2 amide bonds. The van der Waals surface area contributed by atoms with Crippen molar-refractivity contribution in [1.82, 2.24) is 4.90 Å². The zero-order chi connectivity index (χ0) is 21.3. The monoisotopic (exact) mass is 406 g/mol. The Morgan fingerprint density at radius 2 is 1.60 bits per heavy atom. The van der Waals surface area contributed by atoms with Gasteiger partial charge < -0.3 is 10.6 Å². The topological polar surface area (TPSA) is 63.4 Å². The molecule has 0 aromatic heterocycles. The van der Waals surface area contributed by atoms with E-state index in [1.807, 2.05) is 0 Å². The number of aryl methyl sites for hydroxylation is 1. The smallest absolute Gasteiger partial charge is 0.255 e. The number of hydrogen-bond donors (Lipinski definition) is 1. The molecular formula is C24H20F2N2O2. The molecule has 2 N–H and O–H groups in total. The first-order valence-electron chi connectivity index (χ1n) is 9.67. The lowest BCUT2D eigenvalue weighted by atomic mass is 9.97. The van der Waals surface area contributed by atoms with Gasteiger partial charge in [-0.05, 0) is 42.2 Å². The fourth-order valence-corrected chi connectivity index (χ4v) is 4.20. The third-order valence-electron chi connectivity index (χ3n) is 5.45. The zero-order valence-electron chi connectivity index (χ0n) is 16.1. The predicted octanol–water partition coefficient (Wildman–Crippen LogP) is 4.32. The number of nitrogens with two attached hydrogens (primary N) is 1. The number of amides is 2. The van der Waals surface area contributed by atoms with Crippen LogP contribution in [-0.4, -0.2) is 16.7 Å². The summed E-state index contributed by atoms with van der Waals surface area (Å²) >= 11 is 0. The highest BCUT2D eigenvalue weighted by atomic mass is 19.1. The average molecular weight is 406 g/mol. The van der Waals surface area contributed by atoms with Crippen LogP contribution in [0.3, 0.4) is 0 Å². The molecule has 0 radical (unpaired) electrons. The number of hydrogen-bond acceptors (Lipinski definition) is 2. The third-order valence-corrected chi connectivity index (χ3v) is 5.45.